The third-order valence-electron chi connectivity index (χ3n) is 2.42. The van der Waals surface area contributed by atoms with E-state index in [9.17, 15) is 4.79 Å². The van der Waals surface area contributed by atoms with Crippen LogP contribution in [0.2, 0.25) is 0 Å². The first-order valence-electron chi connectivity index (χ1n) is 5.37. The van der Waals surface area contributed by atoms with Gasteiger partial charge >= 0.3 is 0 Å². The second-order valence-corrected chi connectivity index (χ2v) is 5.13. The van der Waals surface area contributed by atoms with Gasteiger partial charge in [0.25, 0.3) is 5.91 Å². The summed E-state index contributed by atoms with van der Waals surface area (Å²) < 4.78 is 5.07. The normalized spacial score (nSPS) is 10.1. The van der Waals surface area contributed by atoms with E-state index in [0.29, 0.717) is 11.4 Å². The predicted octanol–water partition coefficient (Wildman–Crippen LogP) is 2.98. The van der Waals surface area contributed by atoms with Crippen molar-refractivity contribution in [1.29, 1.82) is 0 Å². The van der Waals surface area contributed by atoms with E-state index < -0.39 is 0 Å². The Morgan fingerprint density at radius 3 is 2.67 bits per heavy atom. The SMILES string of the molecule is COc1ccc(CNC(=O)c2cc(S)cs2)cc1. The molecule has 0 fully saturated rings. The number of rotatable bonds is 4. The number of amides is 1. The molecule has 0 saturated carbocycles. The van der Waals surface area contributed by atoms with Crippen LogP contribution in [0.5, 0.6) is 5.75 Å². The first-order valence-corrected chi connectivity index (χ1v) is 6.70. The summed E-state index contributed by atoms with van der Waals surface area (Å²) in [6, 6.07) is 9.36. The molecule has 0 spiro atoms. The molecule has 1 N–H and O–H groups in total. The molecule has 1 aromatic carbocycles. The zero-order chi connectivity index (χ0) is 13.0. The van der Waals surface area contributed by atoms with E-state index in [1.54, 1.807) is 13.2 Å². The van der Waals surface area contributed by atoms with Crippen molar-refractivity contribution in [3.63, 3.8) is 0 Å². The number of carbonyl (C=O) groups is 1. The standard InChI is InChI=1S/C13H13NO2S2/c1-16-10-4-2-9(3-5-10)7-14-13(15)12-6-11(17)8-18-12/h2-6,8,17H,7H2,1H3,(H,14,15). The summed E-state index contributed by atoms with van der Waals surface area (Å²) in [7, 11) is 1.63. The van der Waals surface area contributed by atoms with E-state index in [1.807, 2.05) is 29.6 Å². The number of benzene rings is 1. The average Bonchev–Trinajstić information content (AvgIpc) is 2.83. The molecule has 1 amide bonds. The van der Waals surface area contributed by atoms with E-state index in [4.69, 9.17) is 4.74 Å². The van der Waals surface area contributed by atoms with Gasteiger partial charge in [-0.05, 0) is 23.8 Å². The highest BCUT2D eigenvalue weighted by atomic mass is 32.1. The van der Waals surface area contributed by atoms with Crippen LogP contribution in [0.1, 0.15) is 15.2 Å². The zero-order valence-corrected chi connectivity index (χ0v) is 11.6. The number of ether oxygens (including phenoxy) is 1. The molecule has 18 heavy (non-hydrogen) atoms. The highest BCUT2D eigenvalue weighted by Crippen LogP contribution is 2.17. The van der Waals surface area contributed by atoms with E-state index in [-0.39, 0.29) is 5.91 Å². The van der Waals surface area contributed by atoms with Crippen molar-refractivity contribution in [1.82, 2.24) is 5.32 Å². The number of methoxy groups -OCH3 is 1. The fourth-order valence-electron chi connectivity index (χ4n) is 1.46. The first kappa shape index (κ1) is 13.0. The Kier molecular flexibility index (Phi) is 4.28. The van der Waals surface area contributed by atoms with Gasteiger partial charge in [0.15, 0.2) is 0 Å². The molecule has 0 radical (unpaired) electrons. The van der Waals surface area contributed by atoms with Crippen molar-refractivity contribution >= 4 is 29.9 Å². The predicted molar refractivity (Wildman–Crippen MR) is 75.7 cm³/mol. The number of thiophene rings is 1. The molecule has 0 aliphatic heterocycles. The van der Waals surface area contributed by atoms with Gasteiger partial charge in [0.1, 0.15) is 5.75 Å². The molecule has 1 aromatic heterocycles. The third kappa shape index (κ3) is 3.27. The Labute approximate surface area is 115 Å². The monoisotopic (exact) mass is 279 g/mol. The van der Waals surface area contributed by atoms with E-state index in [0.717, 1.165) is 16.2 Å². The minimum atomic E-state index is -0.0730. The number of hydrogen-bond donors (Lipinski definition) is 2. The Balaban J connectivity index is 1.92. The topological polar surface area (TPSA) is 38.3 Å². The summed E-state index contributed by atoms with van der Waals surface area (Å²) >= 11 is 5.57. The van der Waals surface area contributed by atoms with Crippen molar-refractivity contribution in [2.45, 2.75) is 11.4 Å². The molecule has 0 atom stereocenters. The van der Waals surface area contributed by atoms with E-state index in [2.05, 4.69) is 17.9 Å². The van der Waals surface area contributed by atoms with Crippen molar-refractivity contribution < 1.29 is 9.53 Å². The molecule has 94 valence electrons. The Morgan fingerprint density at radius 1 is 1.39 bits per heavy atom. The summed E-state index contributed by atoms with van der Waals surface area (Å²) in [5.41, 5.74) is 1.03. The molecule has 1 heterocycles. The number of nitrogens with one attached hydrogen (secondary N) is 1. The molecule has 2 aromatic rings. The highest BCUT2D eigenvalue weighted by molar-refractivity contribution is 7.80. The maximum atomic E-state index is 11.8. The second kappa shape index (κ2) is 5.93. The van der Waals surface area contributed by atoms with E-state index in [1.165, 1.54) is 11.3 Å². The molecular formula is C13H13NO2S2. The number of thiol groups is 1. The van der Waals surface area contributed by atoms with Crippen LogP contribution >= 0.6 is 24.0 Å². The minimum absolute atomic E-state index is 0.0730. The van der Waals surface area contributed by atoms with Crippen LogP contribution in [0.3, 0.4) is 0 Å². The van der Waals surface area contributed by atoms with Crippen LogP contribution in [0.25, 0.3) is 0 Å². The Morgan fingerprint density at radius 2 is 2.11 bits per heavy atom. The molecule has 0 aliphatic rings. The van der Waals surface area contributed by atoms with Crippen LogP contribution in [-0.2, 0) is 6.54 Å². The fraction of sp³-hybridized carbons (Fsp3) is 0.154. The molecule has 0 saturated heterocycles. The van der Waals surface area contributed by atoms with Gasteiger partial charge in [0.2, 0.25) is 0 Å². The molecule has 2 rings (SSSR count). The summed E-state index contributed by atoms with van der Waals surface area (Å²) in [6.45, 7) is 0.503. The van der Waals surface area contributed by atoms with Crippen molar-refractivity contribution in [3.05, 3.63) is 46.2 Å². The van der Waals surface area contributed by atoms with Crippen LogP contribution in [-0.4, -0.2) is 13.0 Å². The van der Waals surface area contributed by atoms with Gasteiger partial charge < -0.3 is 10.1 Å². The first-order chi connectivity index (χ1) is 8.69. The van der Waals surface area contributed by atoms with Gasteiger partial charge in [-0.2, -0.15) is 0 Å². The molecule has 0 bridgehead atoms. The van der Waals surface area contributed by atoms with Gasteiger partial charge in [-0.25, -0.2) is 0 Å². The lowest BCUT2D eigenvalue weighted by Gasteiger charge is -2.05. The van der Waals surface area contributed by atoms with Crippen LogP contribution in [0.15, 0.2) is 40.6 Å². The third-order valence-corrected chi connectivity index (χ3v) is 3.78. The Hall–Kier alpha value is -1.46. The lowest BCUT2D eigenvalue weighted by molar-refractivity contribution is 0.0955. The molecule has 5 heteroatoms. The maximum Gasteiger partial charge on any atom is 0.261 e. The smallest absolute Gasteiger partial charge is 0.261 e. The molecule has 0 aliphatic carbocycles. The molecule has 0 unspecified atom stereocenters. The minimum Gasteiger partial charge on any atom is -0.497 e. The van der Waals surface area contributed by atoms with Gasteiger partial charge in [0.05, 0.1) is 12.0 Å². The summed E-state index contributed by atoms with van der Waals surface area (Å²) in [5, 5.41) is 4.70. The lowest BCUT2D eigenvalue weighted by atomic mass is 10.2. The average molecular weight is 279 g/mol. The van der Waals surface area contributed by atoms with E-state index >= 15 is 0 Å². The Bertz CT molecular complexity index is 534. The van der Waals surface area contributed by atoms with Crippen LogP contribution < -0.4 is 10.1 Å². The lowest BCUT2D eigenvalue weighted by Crippen LogP contribution is -2.21. The van der Waals surface area contributed by atoms with Crippen molar-refractivity contribution in [2.24, 2.45) is 0 Å². The second-order valence-electron chi connectivity index (χ2n) is 3.70. The largest absolute Gasteiger partial charge is 0.497 e. The maximum absolute atomic E-state index is 11.8. The summed E-state index contributed by atoms with van der Waals surface area (Å²) in [6.07, 6.45) is 0. The molecular weight excluding hydrogens is 266 g/mol. The number of carbonyl (C=O) groups excluding carboxylic acids is 1. The quantitative estimate of drug-likeness (QED) is 0.844. The van der Waals surface area contributed by atoms with Crippen LogP contribution in [0, 0.1) is 0 Å². The van der Waals surface area contributed by atoms with Gasteiger partial charge in [-0.1, -0.05) is 12.1 Å². The summed E-state index contributed by atoms with van der Waals surface area (Å²) in [5.74, 6) is 0.735. The highest BCUT2D eigenvalue weighted by Gasteiger charge is 2.07. The van der Waals surface area contributed by atoms with Gasteiger partial charge in [-0.15, -0.1) is 24.0 Å². The molecule has 3 nitrogen and oxygen atoms in total. The summed E-state index contributed by atoms with van der Waals surface area (Å²) in [4.78, 5) is 13.3. The van der Waals surface area contributed by atoms with Gasteiger partial charge in [0, 0.05) is 16.8 Å². The van der Waals surface area contributed by atoms with Crippen molar-refractivity contribution in [2.75, 3.05) is 7.11 Å². The zero-order valence-electron chi connectivity index (χ0n) is 9.84. The number of hydrogen-bond acceptors (Lipinski definition) is 4. The van der Waals surface area contributed by atoms with Gasteiger partial charge in [-0.3, -0.25) is 4.79 Å². The van der Waals surface area contributed by atoms with Crippen LogP contribution in [0.4, 0.5) is 0 Å². The van der Waals surface area contributed by atoms with Crippen molar-refractivity contribution in [3.8, 4) is 5.75 Å². The fourth-order valence-corrected chi connectivity index (χ4v) is 2.52.